The van der Waals surface area contributed by atoms with Crippen LogP contribution < -0.4 is 0 Å². The first-order chi connectivity index (χ1) is 15.8. The van der Waals surface area contributed by atoms with E-state index in [1.165, 1.54) is 43.2 Å². The van der Waals surface area contributed by atoms with Gasteiger partial charge in [-0.3, -0.25) is 0 Å². The zero-order valence-electron chi connectivity index (χ0n) is 17.0. The lowest BCUT2D eigenvalue weighted by Gasteiger charge is -2.09. The van der Waals surface area contributed by atoms with Crippen molar-refractivity contribution in [1.29, 1.82) is 0 Å². The monoisotopic (exact) mass is 448 g/mol. The molecule has 0 aliphatic heterocycles. The van der Waals surface area contributed by atoms with Gasteiger partial charge in [-0.15, -0.1) is 11.3 Å². The lowest BCUT2D eigenvalue weighted by atomic mass is 9.96. The third-order valence-electron chi connectivity index (χ3n) is 5.70. The molecule has 0 aliphatic rings. The third kappa shape index (κ3) is 3.36. The fourth-order valence-electron chi connectivity index (χ4n) is 4.19. The molecular formula is C28H17ClN2S. The van der Waals surface area contributed by atoms with Crippen molar-refractivity contribution < 1.29 is 0 Å². The zero-order chi connectivity index (χ0) is 21.5. The number of hydrogen-bond donors (Lipinski definition) is 0. The summed E-state index contributed by atoms with van der Waals surface area (Å²) in [5, 5.41) is 3.08. The number of aromatic nitrogens is 2. The molecule has 152 valence electrons. The maximum absolute atomic E-state index is 6.07. The summed E-state index contributed by atoms with van der Waals surface area (Å²) in [6.07, 6.45) is 1.50. The van der Waals surface area contributed by atoms with Gasteiger partial charge in [0.25, 0.3) is 0 Å². The number of hydrogen-bond acceptors (Lipinski definition) is 3. The summed E-state index contributed by atoms with van der Waals surface area (Å²) in [5.41, 5.74) is 6.63. The maximum Gasteiger partial charge on any atom is 0.133 e. The number of nitrogens with zero attached hydrogens (tertiary/aromatic N) is 2. The average Bonchev–Trinajstić information content (AvgIpc) is 3.23. The lowest BCUT2D eigenvalue weighted by Crippen LogP contribution is -1.87. The van der Waals surface area contributed by atoms with Gasteiger partial charge in [-0.05, 0) is 40.5 Å². The van der Waals surface area contributed by atoms with Gasteiger partial charge in [-0.2, -0.15) is 0 Å². The van der Waals surface area contributed by atoms with E-state index in [9.17, 15) is 0 Å². The van der Waals surface area contributed by atoms with Gasteiger partial charge in [0.1, 0.15) is 11.5 Å². The van der Waals surface area contributed by atoms with Crippen molar-refractivity contribution in [2.24, 2.45) is 0 Å². The van der Waals surface area contributed by atoms with Crippen LogP contribution in [0.25, 0.3) is 53.7 Å². The summed E-state index contributed by atoms with van der Waals surface area (Å²) in [6, 6.07) is 34.1. The molecule has 0 N–H and O–H groups in total. The second-order valence-electron chi connectivity index (χ2n) is 7.67. The second-order valence-corrected chi connectivity index (χ2v) is 9.11. The highest BCUT2D eigenvalue weighted by atomic mass is 35.5. The minimum Gasteiger partial charge on any atom is -0.236 e. The van der Waals surface area contributed by atoms with Crippen LogP contribution in [0.5, 0.6) is 0 Å². The number of rotatable bonds is 3. The Balaban J connectivity index is 1.47. The van der Waals surface area contributed by atoms with Gasteiger partial charge in [0.2, 0.25) is 0 Å². The van der Waals surface area contributed by atoms with E-state index >= 15 is 0 Å². The number of benzene rings is 4. The van der Waals surface area contributed by atoms with E-state index in [1.54, 1.807) is 6.07 Å². The molecule has 0 bridgehead atoms. The Hall–Kier alpha value is -3.53. The molecule has 0 saturated heterocycles. The van der Waals surface area contributed by atoms with E-state index in [0.29, 0.717) is 5.15 Å². The molecule has 0 radical (unpaired) electrons. The number of fused-ring (bicyclic) bond motifs is 3. The van der Waals surface area contributed by atoms with Crippen molar-refractivity contribution in [2.75, 3.05) is 0 Å². The molecule has 0 atom stereocenters. The van der Waals surface area contributed by atoms with Gasteiger partial charge < -0.3 is 0 Å². The van der Waals surface area contributed by atoms with Crippen LogP contribution in [0.3, 0.4) is 0 Å². The van der Waals surface area contributed by atoms with Gasteiger partial charge in [-0.25, -0.2) is 9.97 Å². The topological polar surface area (TPSA) is 25.8 Å². The quantitative estimate of drug-likeness (QED) is 0.253. The van der Waals surface area contributed by atoms with E-state index in [0.717, 1.165) is 16.8 Å². The van der Waals surface area contributed by atoms with Crippen LogP contribution >= 0.6 is 22.9 Å². The molecule has 4 aromatic carbocycles. The Morgan fingerprint density at radius 3 is 2.12 bits per heavy atom. The molecule has 2 nitrogen and oxygen atoms in total. The van der Waals surface area contributed by atoms with Crippen molar-refractivity contribution in [3.05, 3.63) is 109 Å². The van der Waals surface area contributed by atoms with E-state index in [1.807, 2.05) is 17.4 Å². The van der Waals surface area contributed by atoms with E-state index in [-0.39, 0.29) is 0 Å². The smallest absolute Gasteiger partial charge is 0.133 e. The molecule has 32 heavy (non-hydrogen) atoms. The summed E-state index contributed by atoms with van der Waals surface area (Å²) in [6.45, 7) is 0. The number of thiophene rings is 1. The molecule has 0 fully saturated rings. The largest absolute Gasteiger partial charge is 0.236 e. The molecule has 2 heterocycles. The third-order valence-corrected chi connectivity index (χ3v) is 7.13. The molecule has 0 spiro atoms. The molecule has 6 rings (SSSR count). The van der Waals surface area contributed by atoms with Crippen molar-refractivity contribution in [2.45, 2.75) is 0 Å². The maximum atomic E-state index is 6.07. The molecule has 0 saturated carbocycles. The van der Waals surface area contributed by atoms with Crippen LogP contribution in [0.4, 0.5) is 0 Å². The average molecular weight is 449 g/mol. The highest BCUT2D eigenvalue weighted by molar-refractivity contribution is 7.26. The first-order valence-corrected chi connectivity index (χ1v) is 11.5. The highest BCUT2D eigenvalue weighted by Crippen LogP contribution is 2.40. The Morgan fingerprint density at radius 1 is 0.594 bits per heavy atom. The predicted octanol–water partition coefficient (Wildman–Crippen LogP) is 8.50. The molecule has 4 heteroatoms. The van der Waals surface area contributed by atoms with E-state index < -0.39 is 0 Å². The second kappa shape index (κ2) is 7.86. The standard InChI is InChI=1S/C28H17ClN2S/c29-27-16-25(30-17-31-27)21-9-4-7-19(15-21)18-6-3-8-20(14-18)22-11-5-12-24-23-10-1-2-13-26(23)32-28(22)24/h1-17H. The minimum atomic E-state index is 0.443. The lowest BCUT2D eigenvalue weighted by molar-refractivity contribution is 1.17. The first kappa shape index (κ1) is 19.2. The van der Waals surface area contributed by atoms with Gasteiger partial charge >= 0.3 is 0 Å². The van der Waals surface area contributed by atoms with E-state index in [4.69, 9.17) is 11.6 Å². The minimum absolute atomic E-state index is 0.443. The van der Waals surface area contributed by atoms with Crippen LogP contribution in [0, 0.1) is 0 Å². The Labute approximate surface area is 194 Å². The number of halogens is 1. The summed E-state index contributed by atoms with van der Waals surface area (Å²) in [4.78, 5) is 8.36. The predicted molar refractivity (Wildman–Crippen MR) is 136 cm³/mol. The SMILES string of the molecule is Clc1cc(-c2cccc(-c3cccc(-c4cccc5c4sc4ccccc45)c3)c2)ncn1. The van der Waals surface area contributed by atoms with Crippen molar-refractivity contribution >= 4 is 43.1 Å². The fourth-order valence-corrected chi connectivity index (χ4v) is 5.58. The van der Waals surface area contributed by atoms with Crippen LogP contribution in [0.15, 0.2) is 103 Å². The van der Waals surface area contributed by atoms with Gasteiger partial charge in [-0.1, -0.05) is 84.4 Å². The Kier molecular flexibility index (Phi) is 4.71. The highest BCUT2D eigenvalue weighted by Gasteiger charge is 2.11. The van der Waals surface area contributed by atoms with E-state index in [2.05, 4.69) is 94.9 Å². The molecule has 2 aromatic heterocycles. The van der Waals surface area contributed by atoms with Crippen molar-refractivity contribution in [3.8, 4) is 33.5 Å². The normalized spacial score (nSPS) is 11.3. The summed E-state index contributed by atoms with van der Waals surface area (Å²) >= 11 is 7.93. The van der Waals surface area contributed by atoms with Gasteiger partial charge in [0, 0.05) is 31.8 Å². The van der Waals surface area contributed by atoms with Crippen LogP contribution in [0.2, 0.25) is 5.15 Å². The Morgan fingerprint density at radius 2 is 1.28 bits per heavy atom. The fraction of sp³-hybridized carbons (Fsp3) is 0. The summed E-state index contributed by atoms with van der Waals surface area (Å²) < 4.78 is 2.65. The Bertz CT molecular complexity index is 1600. The van der Waals surface area contributed by atoms with Gasteiger partial charge in [0.05, 0.1) is 5.69 Å². The summed E-state index contributed by atoms with van der Waals surface area (Å²) in [7, 11) is 0. The molecule has 0 amide bonds. The molecule has 0 unspecified atom stereocenters. The van der Waals surface area contributed by atoms with Crippen molar-refractivity contribution in [3.63, 3.8) is 0 Å². The van der Waals surface area contributed by atoms with Crippen LogP contribution in [-0.2, 0) is 0 Å². The zero-order valence-corrected chi connectivity index (χ0v) is 18.6. The van der Waals surface area contributed by atoms with Crippen LogP contribution in [0.1, 0.15) is 0 Å². The molecule has 0 aliphatic carbocycles. The molecule has 6 aromatic rings. The van der Waals surface area contributed by atoms with Crippen LogP contribution in [-0.4, -0.2) is 9.97 Å². The first-order valence-electron chi connectivity index (χ1n) is 10.4. The molecular weight excluding hydrogens is 432 g/mol. The van der Waals surface area contributed by atoms with Gasteiger partial charge in [0.15, 0.2) is 0 Å². The van der Waals surface area contributed by atoms with Crippen molar-refractivity contribution in [1.82, 2.24) is 9.97 Å². The summed E-state index contributed by atoms with van der Waals surface area (Å²) in [5.74, 6) is 0.